The fraction of sp³-hybridized carbons (Fsp3) is 0.211. The second-order valence-electron chi connectivity index (χ2n) is 5.63. The van der Waals surface area contributed by atoms with Gasteiger partial charge in [-0.1, -0.05) is 29.8 Å². The average Bonchev–Trinajstić information content (AvgIpc) is 3.06. The van der Waals surface area contributed by atoms with Gasteiger partial charge in [0.15, 0.2) is 0 Å². The van der Waals surface area contributed by atoms with Crippen LogP contribution >= 0.6 is 11.6 Å². The summed E-state index contributed by atoms with van der Waals surface area (Å²) in [6.07, 6.45) is 2.59. The summed E-state index contributed by atoms with van der Waals surface area (Å²) in [5, 5.41) is 1.69. The Hall–Kier alpha value is -2.46. The highest BCUT2D eigenvalue weighted by Gasteiger charge is 2.14. The molecule has 0 fully saturated rings. The molecule has 0 bridgehead atoms. The lowest BCUT2D eigenvalue weighted by molar-refractivity contribution is 0.0789. The van der Waals surface area contributed by atoms with Crippen LogP contribution in [0, 0.1) is 0 Å². The van der Waals surface area contributed by atoms with Gasteiger partial charge in [-0.3, -0.25) is 4.79 Å². The van der Waals surface area contributed by atoms with Crippen LogP contribution in [0.1, 0.15) is 16.8 Å². The Balaban J connectivity index is 1.54. The lowest BCUT2D eigenvalue weighted by atomic mass is 10.1. The highest BCUT2D eigenvalue weighted by Crippen LogP contribution is 2.19. The Labute approximate surface area is 146 Å². The Morgan fingerprint density at radius 1 is 1.21 bits per heavy atom. The molecular weight excluding hydrogens is 324 g/mol. The lowest BCUT2D eigenvalue weighted by Gasteiger charge is -2.18. The van der Waals surface area contributed by atoms with E-state index in [-0.39, 0.29) is 5.91 Å². The van der Waals surface area contributed by atoms with Crippen LogP contribution in [0.3, 0.4) is 0 Å². The molecule has 0 aliphatic rings. The van der Waals surface area contributed by atoms with Crippen molar-refractivity contribution in [2.45, 2.75) is 6.42 Å². The molecule has 3 aromatic rings. The summed E-state index contributed by atoms with van der Waals surface area (Å²) in [6, 6.07) is 15.0. The second-order valence-corrected chi connectivity index (χ2v) is 6.07. The largest absolute Gasteiger partial charge is 0.493 e. The molecule has 1 aromatic heterocycles. The molecule has 1 N–H and O–H groups in total. The quantitative estimate of drug-likeness (QED) is 0.676. The van der Waals surface area contributed by atoms with Crippen LogP contribution in [-0.2, 0) is 0 Å². The summed E-state index contributed by atoms with van der Waals surface area (Å²) >= 11 is 5.92. The van der Waals surface area contributed by atoms with E-state index in [0.717, 1.165) is 23.1 Å². The summed E-state index contributed by atoms with van der Waals surface area (Å²) in [7, 11) is 1.81. The van der Waals surface area contributed by atoms with E-state index in [1.807, 2.05) is 55.7 Å². The fourth-order valence-corrected chi connectivity index (χ4v) is 2.80. The molecule has 0 saturated carbocycles. The van der Waals surface area contributed by atoms with Crippen molar-refractivity contribution >= 4 is 28.4 Å². The minimum atomic E-state index is 0.00538. The highest BCUT2D eigenvalue weighted by atomic mass is 35.5. The number of para-hydroxylation sites is 1. The zero-order valence-electron chi connectivity index (χ0n) is 13.5. The number of benzene rings is 2. The first-order valence-corrected chi connectivity index (χ1v) is 8.23. The van der Waals surface area contributed by atoms with Crippen molar-refractivity contribution in [3.63, 3.8) is 0 Å². The van der Waals surface area contributed by atoms with Crippen molar-refractivity contribution in [2.75, 3.05) is 20.2 Å². The third kappa shape index (κ3) is 3.71. The first kappa shape index (κ1) is 16.4. The van der Waals surface area contributed by atoms with Crippen LogP contribution in [0.25, 0.3) is 10.9 Å². The van der Waals surface area contributed by atoms with Gasteiger partial charge in [-0.2, -0.15) is 0 Å². The van der Waals surface area contributed by atoms with Crippen molar-refractivity contribution in [3.05, 3.63) is 65.3 Å². The van der Waals surface area contributed by atoms with Crippen molar-refractivity contribution < 1.29 is 9.53 Å². The van der Waals surface area contributed by atoms with Gasteiger partial charge in [-0.05, 0) is 36.8 Å². The summed E-state index contributed by atoms with van der Waals surface area (Å²) in [6.45, 7) is 1.15. The van der Waals surface area contributed by atoms with Crippen LogP contribution in [0.4, 0.5) is 0 Å². The standard InChI is InChI=1S/C19H19ClN2O2/c1-22(11-4-12-24-16-7-3-6-15(20)13-16)19(23)17-8-2-5-14-9-10-21-18(14)17/h2-3,5-10,13,21H,4,11-12H2,1H3. The van der Waals surface area contributed by atoms with Gasteiger partial charge in [0.25, 0.3) is 5.91 Å². The number of rotatable bonds is 6. The van der Waals surface area contributed by atoms with Gasteiger partial charge in [0.05, 0.1) is 17.7 Å². The molecule has 0 radical (unpaired) electrons. The van der Waals surface area contributed by atoms with Gasteiger partial charge < -0.3 is 14.6 Å². The summed E-state index contributed by atoms with van der Waals surface area (Å²) in [5.41, 5.74) is 1.57. The normalized spacial score (nSPS) is 10.8. The Morgan fingerprint density at radius 3 is 2.88 bits per heavy atom. The van der Waals surface area contributed by atoms with E-state index >= 15 is 0 Å². The number of carbonyl (C=O) groups is 1. The predicted octanol–water partition coefficient (Wildman–Crippen LogP) is 4.36. The Bertz CT molecular complexity index is 844. The Morgan fingerprint density at radius 2 is 2.04 bits per heavy atom. The Kier molecular flexibility index (Phi) is 5.06. The minimum absolute atomic E-state index is 0.00538. The van der Waals surface area contributed by atoms with E-state index in [0.29, 0.717) is 23.7 Å². The third-order valence-electron chi connectivity index (χ3n) is 3.87. The number of hydrogen-bond acceptors (Lipinski definition) is 2. The zero-order chi connectivity index (χ0) is 16.9. The van der Waals surface area contributed by atoms with E-state index in [1.54, 1.807) is 11.0 Å². The molecule has 0 saturated heterocycles. The number of H-pyrrole nitrogens is 1. The van der Waals surface area contributed by atoms with Gasteiger partial charge in [0.1, 0.15) is 5.75 Å². The molecule has 4 nitrogen and oxygen atoms in total. The van der Waals surface area contributed by atoms with Crippen molar-refractivity contribution in [1.82, 2.24) is 9.88 Å². The van der Waals surface area contributed by atoms with Gasteiger partial charge in [-0.25, -0.2) is 0 Å². The van der Waals surface area contributed by atoms with Crippen molar-refractivity contribution in [3.8, 4) is 5.75 Å². The second kappa shape index (κ2) is 7.41. The molecule has 0 unspecified atom stereocenters. The molecule has 0 aliphatic heterocycles. The summed E-state index contributed by atoms with van der Waals surface area (Å²) < 4.78 is 5.65. The van der Waals surface area contributed by atoms with Crippen LogP contribution in [0.5, 0.6) is 5.75 Å². The first-order valence-electron chi connectivity index (χ1n) is 7.85. The van der Waals surface area contributed by atoms with E-state index in [9.17, 15) is 4.79 Å². The maximum absolute atomic E-state index is 12.6. The van der Waals surface area contributed by atoms with Gasteiger partial charge >= 0.3 is 0 Å². The van der Waals surface area contributed by atoms with Crippen LogP contribution in [0.15, 0.2) is 54.7 Å². The van der Waals surface area contributed by atoms with Gasteiger partial charge in [0.2, 0.25) is 0 Å². The zero-order valence-corrected chi connectivity index (χ0v) is 14.2. The lowest BCUT2D eigenvalue weighted by Crippen LogP contribution is -2.28. The molecule has 0 atom stereocenters. The maximum atomic E-state index is 12.6. The van der Waals surface area contributed by atoms with Gasteiger partial charge in [-0.15, -0.1) is 0 Å². The summed E-state index contributed by atoms with van der Waals surface area (Å²) in [4.78, 5) is 17.5. The molecule has 3 rings (SSSR count). The number of amides is 1. The molecule has 124 valence electrons. The fourth-order valence-electron chi connectivity index (χ4n) is 2.62. The SMILES string of the molecule is CN(CCCOc1cccc(Cl)c1)C(=O)c1cccc2cc[nH]c12. The smallest absolute Gasteiger partial charge is 0.255 e. The molecule has 0 aliphatic carbocycles. The van der Waals surface area contributed by atoms with E-state index in [4.69, 9.17) is 16.3 Å². The minimum Gasteiger partial charge on any atom is -0.493 e. The van der Waals surface area contributed by atoms with Crippen LogP contribution in [-0.4, -0.2) is 36.0 Å². The molecular formula is C19H19ClN2O2. The molecule has 5 heteroatoms. The molecule has 2 aromatic carbocycles. The topological polar surface area (TPSA) is 45.3 Å². The van der Waals surface area contributed by atoms with Crippen molar-refractivity contribution in [1.29, 1.82) is 0 Å². The summed E-state index contributed by atoms with van der Waals surface area (Å²) in [5.74, 6) is 0.749. The average molecular weight is 343 g/mol. The van der Waals surface area contributed by atoms with Gasteiger partial charge in [0, 0.05) is 30.2 Å². The molecule has 24 heavy (non-hydrogen) atoms. The highest BCUT2D eigenvalue weighted by molar-refractivity contribution is 6.30. The first-order chi connectivity index (χ1) is 11.6. The van der Waals surface area contributed by atoms with E-state index < -0.39 is 0 Å². The molecule has 1 amide bonds. The van der Waals surface area contributed by atoms with Crippen molar-refractivity contribution in [2.24, 2.45) is 0 Å². The number of halogens is 1. The number of hydrogen-bond donors (Lipinski definition) is 1. The monoisotopic (exact) mass is 342 g/mol. The van der Waals surface area contributed by atoms with E-state index in [2.05, 4.69) is 4.98 Å². The number of nitrogens with one attached hydrogen (secondary N) is 1. The van der Waals surface area contributed by atoms with E-state index in [1.165, 1.54) is 0 Å². The number of aromatic nitrogens is 1. The number of ether oxygens (including phenoxy) is 1. The third-order valence-corrected chi connectivity index (χ3v) is 4.10. The predicted molar refractivity (Wildman–Crippen MR) is 96.8 cm³/mol. The maximum Gasteiger partial charge on any atom is 0.255 e. The number of nitrogens with zero attached hydrogens (tertiary/aromatic N) is 1. The number of fused-ring (bicyclic) bond motifs is 1. The number of aromatic amines is 1. The van der Waals surface area contributed by atoms with Crippen LogP contribution < -0.4 is 4.74 Å². The van der Waals surface area contributed by atoms with Crippen LogP contribution in [0.2, 0.25) is 5.02 Å². The molecule has 0 spiro atoms. The molecule has 1 heterocycles. The number of carbonyl (C=O) groups excluding carboxylic acids is 1.